The Balaban J connectivity index is 2.34. The highest BCUT2D eigenvalue weighted by Gasteiger charge is 2.38. The molecular formula is C12H14ClFO2. The number of rotatable bonds is 2. The molecule has 2 nitrogen and oxygen atoms in total. The van der Waals surface area contributed by atoms with Crippen molar-refractivity contribution in [2.24, 2.45) is 5.92 Å². The summed E-state index contributed by atoms with van der Waals surface area (Å²) in [7, 11) is 0. The molecule has 2 atom stereocenters. The van der Waals surface area contributed by atoms with Crippen LogP contribution in [0.3, 0.4) is 0 Å². The van der Waals surface area contributed by atoms with E-state index in [1.54, 1.807) is 13.0 Å². The summed E-state index contributed by atoms with van der Waals surface area (Å²) in [6.07, 6.45) is 0.745. The second-order valence-electron chi connectivity index (χ2n) is 4.33. The third-order valence-corrected chi connectivity index (χ3v) is 3.44. The van der Waals surface area contributed by atoms with Crippen LogP contribution in [0.25, 0.3) is 0 Å². The molecule has 4 heteroatoms. The summed E-state index contributed by atoms with van der Waals surface area (Å²) in [6, 6.07) is 4.35. The van der Waals surface area contributed by atoms with Crippen LogP contribution in [-0.2, 0) is 10.3 Å². The van der Waals surface area contributed by atoms with Crippen molar-refractivity contribution in [3.63, 3.8) is 0 Å². The minimum Gasteiger partial charge on any atom is -0.385 e. The Labute approximate surface area is 99.0 Å². The van der Waals surface area contributed by atoms with Crippen molar-refractivity contribution < 1.29 is 14.2 Å². The van der Waals surface area contributed by atoms with E-state index in [1.165, 1.54) is 12.1 Å². The Kier molecular flexibility index (Phi) is 3.19. The summed E-state index contributed by atoms with van der Waals surface area (Å²) in [4.78, 5) is 0. The molecule has 0 aromatic heterocycles. The molecule has 1 fully saturated rings. The predicted octanol–water partition coefficient (Wildman–Crippen LogP) is 2.72. The first kappa shape index (κ1) is 11.8. The van der Waals surface area contributed by atoms with Crippen LogP contribution in [0.5, 0.6) is 0 Å². The van der Waals surface area contributed by atoms with E-state index in [1.807, 2.05) is 0 Å². The van der Waals surface area contributed by atoms with Crippen molar-refractivity contribution in [3.8, 4) is 0 Å². The van der Waals surface area contributed by atoms with E-state index in [2.05, 4.69) is 0 Å². The number of halogens is 2. The molecule has 0 amide bonds. The molecule has 1 N–H and O–H groups in total. The van der Waals surface area contributed by atoms with Crippen molar-refractivity contribution >= 4 is 11.6 Å². The molecule has 1 aliphatic rings. The maximum Gasteiger partial charge on any atom is 0.130 e. The molecule has 0 aliphatic carbocycles. The molecule has 88 valence electrons. The number of benzene rings is 1. The predicted molar refractivity (Wildman–Crippen MR) is 59.9 cm³/mol. The van der Waals surface area contributed by atoms with Gasteiger partial charge in [-0.2, -0.15) is 0 Å². The highest BCUT2D eigenvalue weighted by atomic mass is 35.5. The van der Waals surface area contributed by atoms with Crippen LogP contribution in [0, 0.1) is 11.7 Å². The molecule has 1 aromatic rings. The van der Waals surface area contributed by atoms with E-state index in [0.29, 0.717) is 18.2 Å². The molecule has 0 radical (unpaired) electrons. The first-order valence-electron chi connectivity index (χ1n) is 5.27. The van der Waals surface area contributed by atoms with E-state index < -0.39 is 11.4 Å². The van der Waals surface area contributed by atoms with Gasteiger partial charge in [-0.3, -0.25) is 0 Å². The van der Waals surface area contributed by atoms with Crippen LogP contribution >= 0.6 is 11.6 Å². The average molecular weight is 245 g/mol. The molecule has 0 saturated carbocycles. The molecule has 1 heterocycles. The van der Waals surface area contributed by atoms with E-state index in [-0.39, 0.29) is 11.5 Å². The number of hydrogen-bond acceptors (Lipinski definition) is 2. The van der Waals surface area contributed by atoms with Gasteiger partial charge >= 0.3 is 0 Å². The van der Waals surface area contributed by atoms with Crippen molar-refractivity contribution in [2.75, 3.05) is 13.2 Å². The van der Waals surface area contributed by atoms with Gasteiger partial charge in [0.05, 0.1) is 12.2 Å². The summed E-state index contributed by atoms with van der Waals surface area (Å²) in [6.45, 7) is 2.71. The Bertz CT molecular complexity index is 387. The maximum absolute atomic E-state index is 13.7. The highest BCUT2D eigenvalue weighted by Crippen LogP contribution is 2.36. The summed E-state index contributed by atoms with van der Waals surface area (Å²) in [5.74, 6) is -0.535. The van der Waals surface area contributed by atoms with Gasteiger partial charge in [0.2, 0.25) is 0 Å². The van der Waals surface area contributed by atoms with Crippen LogP contribution in [0.1, 0.15) is 18.9 Å². The van der Waals surface area contributed by atoms with Crippen molar-refractivity contribution in [1.29, 1.82) is 0 Å². The van der Waals surface area contributed by atoms with Gasteiger partial charge in [0, 0.05) is 23.1 Å². The molecular weight excluding hydrogens is 231 g/mol. The van der Waals surface area contributed by atoms with Gasteiger partial charge < -0.3 is 9.84 Å². The van der Waals surface area contributed by atoms with Crippen LogP contribution in [0.2, 0.25) is 5.02 Å². The fourth-order valence-corrected chi connectivity index (χ4v) is 2.26. The van der Waals surface area contributed by atoms with Gasteiger partial charge in [-0.15, -0.1) is 0 Å². The molecule has 1 aliphatic heterocycles. The lowest BCUT2D eigenvalue weighted by atomic mass is 9.82. The monoisotopic (exact) mass is 244 g/mol. The zero-order valence-electron chi connectivity index (χ0n) is 9.04. The average Bonchev–Trinajstić information content (AvgIpc) is 2.69. The standard InChI is InChI=1S/C12H14ClFO2/c1-12(15,8-4-5-16-7-8)10-3-2-9(13)6-11(10)14/h2-3,6,8,15H,4-5,7H2,1H3. The van der Waals surface area contributed by atoms with Crippen molar-refractivity contribution in [1.82, 2.24) is 0 Å². The van der Waals surface area contributed by atoms with Gasteiger partial charge in [-0.1, -0.05) is 17.7 Å². The fraction of sp³-hybridized carbons (Fsp3) is 0.500. The van der Waals surface area contributed by atoms with Gasteiger partial charge in [-0.25, -0.2) is 4.39 Å². The maximum atomic E-state index is 13.7. The minimum absolute atomic E-state index is 0.0665. The zero-order valence-corrected chi connectivity index (χ0v) is 9.80. The minimum atomic E-state index is -1.20. The quantitative estimate of drug-likeness (QED) is 0.867. The Hall–Kier alpha value is -0.640. The van der Waals surface area contributed by atoms with Gasteiger partial charge in [0.15, 0.2) is 0 Å². The Morgan fingerprint density at radius 1 is 1.56 bits per heavy atom. The molecule has 2 unspecified atom stereocenters. The first-order valence-corrected chi connectivity index (χ1v) is 5.65. The van der Waals surface area contributed by atoms with Gasteiger partial charge in [0.1, 0.15) is 5.82 Å². The molecule has 16 heavy (non-hydrogen) atoms. The highest BCUT2D eigenvalue weighted by molar-refractivity contribution is 6.30. The van der Waals surface area contributed by atoms with E-state index in [0.717, 1.165) is 6.42 Å². The Morgan fingerprint density at radius 2 is 2.31 bits per heavy atom. The van der Waals surface area contributed by atoms with Crippen molar-refractivity contribution in [2.45, 2.75) is 18.9 Å². The van der Waals surface area contributed by atoms with E-state index in [9.17, 15) is 9.50 Å². The molecule has 0 bridgehead atoms. The summed E-state index contributed by atoms with van der Waals surface area (Å²) in [5, 5.41) is 10.7. The van der Waals surface area contributed by atoms with Crippen LogP contribution in [-0.4, -0.2) is 18.3 Å². The topological polar surface area (TPSA) is 29.5 Å². The lowest BCUT2D eigenvalue weighted by Gasteiger charge is -2.29. The molecule has 1 aromatic carbocycles. The van der Waals surface area contributed by atoms with E-state index >= 15 is 0 Å². The lowest BCUT2D eigenvalue weighted by molar-refractivity contribution is -0.0126. The van der Waals surface area contributed by atoms with Crippen molar-refractivity contribution in [3.05, 3.63) is 34.6 Å². The summed E-state index contributed by atoms with van der Waals surface area (Å²) >= 11 is 5.68. The Morgan fingerprint density at radius 3 is 2.88 bits per heavy atom. The van der Waals surface area contributed by atoms with Gasteiger partial charge in [0.25, 0.3) is 0 Å². The largest absolute Gasteiger partial charge is 0.385 e. The van der Waals surface area contributed by atoms with E-state index in [4.69, 9.17) is 16.3 Å². The summed E-state index contributed by atoms with van der Waals surface area (Å²) in [5.41, 5.74) is -0.919. The normalized spacial score (nSPS) is 24.4. The number of ether oxygens (including phenoxy) is 1. The second-order valence-corrected chi connectivity index (χ2v) is 4.77. The second kappa shape index (κ2) is 4.32. The zero-order chi connectivity index (χ0) is 11.8. The number of hydrogen-bond donors (Lipinski definition) is 1. The SMILES string of the molecule is CC(O)(c1ccc(Cl)cc1F)C1CCOC1. The van der Waals surface area contributed by atoms with Crippen LogP contribution in [0.15, 0.2) is 18.2 Å². The lowest BCUT2D eigenvalue weighted by Crippen LogP contribution is -2.33. The molecule has 1 saturated heterocycles. The third kappa shape index (κ3) is 2.08. The number of aliphatic hydroxyl groups is 1. The summed E-state index contributed by atoms with van der Waals surface area (Å²) < 4.78 is 18.9. The van der Waals surface area contributed by atoms with Gasteiger partial charge in [-0.05, 0) is 25.5 Å². The first-order chi connectivity index (χ1) is 7.51. The molecule has 0 spiro atoms. The molecule has 2 rings (SSSR count). The third-order valence-electron chi connectivity index (χ3n) is 3.20. The van der Waals surface area contributed by atoms with Crippen LogP contribution in [0.4, 0.5) is 4.39 Å². The fourth-order valence-electron chi connectivity index (χ4n) is 2.10. The van der Waals surface area contributed by atoms with Crippen LogP contribution < -0.4 is 0 Å². The smallest absolute Gasteiger partial charge is 0.130 e.